The van der Waals surface area contributed by atoms with E-state index in [0.29, 0.717) is 11.4 Å². The first-order valence-corrected chi connectivity index (χ1v) is 6.88. The molecule has 2 rings (SSSR count). The minimum absolute atomic E-state index is 0.0270. The van der Waals surface area contributed by atoms with Gasteiger partial charge in [-0.25, -0.2) is 0 Å². The Morgan fingerprint density at radius 1 is 1.44 bits per heavy atom. The van der Waals surface area contributed by atoms with E-state index in [1.165, 1.54) is 12.8 Å². The Kier molecular flexibility index (Phi) is 3.91. The minimum atomic E-state index is -0.0270. The molecule has 0 spiro atoms. The fraction of sp³-hybridized carbons (Fsp3) is 0.571. The zero-order valence-electron chi connectivity index (χ0n) is 10.9. The van der Waals surface area contributed by atoms with Crippen molar-refractivity contribution in [2.24, 2.45) is 5.41 Å². The molecule has 1 heterocycles. The Labute approximate surface area is 113 Å². The molecule has 0 bridgehead atoms. The first-order valence-electron chi connectivity index (χ1n) is 6.35. The second kappa shape index (κ2) is 5.27. The molecule has 0 saturated heterocycles. The number of aryl methyl sites for hydroxylation is 2. The monoisotopic (exact) mass is 266 g/mol. The van der Waals surface area contributed by atoms with Crippen LogP contribution >= 0.6 is 11.6 Å². The molecule has 1 amide bonds. The molecule has 3 nitrogen and oxygen atoms in total. The van der Waals surface area contributed by atoms with Crippen molar-refractivity contribution in [3.8, 4) is 0 Å². The van der Waals surface area contributed by atoms with E-state index in [1.54, 1.807) is 0 Å². The average molecular weight is 267 g/mol. The molecule has 0 aromatic carbocycles. The number of carbonyl (C=O) groups is 1. The Balaban J connectivity index is 1.96. The lowest BCUT2D eigenvalue weighted by Gasteiger charge is -2.15. The number of pyridine rings is 1. The third-order valence-corrected chi connectivity index (χ3v) is 3.86. The maximum absolute atomic E-state index is 12.1. The Morgan fingerprint density at radius 3 is 2.72 bits per heavy atom. The standard InChI is InChI=1S/C14H19ClN2O/c1-10-3-4-12(11(2)17-10)13(18)16-9-14(5-6-14)7-8-15/h3-4H,5-9H2,1-2H3,(H,16,18). The van der Waals surface area contributed by atoms with Gasteiger partial charge in [-0.15, -0.1) is 11.6 Å². The Hall–Kier alpha value is -1.09. The number of carbonyl (C=O) groups excluding carboxylic acids is 1. The summed E-state index contributed by atoms with van der Waals surface area (Å²) in [6, 6.07) is 3.71. The van der Waals surface area contributed by atoms with Crippen molar-refractivity contribution < 1.29 is 4.79 Å². The maximum Gasteiger partial charge on any atom is 0.253 e. The van der Waals surface area contributed by atoms with Gasteiger partial charge in [0.05, 0.1) is 11.3 Å². The smallest absolute Gasteiger partial charge is 0.253 e. The third-order valence-electron chi connectivity index (χ3n) is 3.68. The highest BCUT2D eigenvalue weighted by atomic mass is 35.5. The molecule has 1 fully saturated rings. The van der Waals surface area contributed by atoms with Crippen molar-refractivity contribution in [1.82, 2.24) is 10.3 Å². The number of nitrogens with zero attached hydrogens (tertiary/aromatic N) is 1. The summed E-state index contributed by atoms with van der Waals surface area (Å²) in [5, 5.41) is 3.01. The molecule has 0 aliphatic heterocycles. The van der Waals surface area contributed by atoms with Crippen molar-refractivity contribution in [3.05, 3.63) is 29.1 Å². The van der Waals surface area contributed by atoms with Crippen LogP contribution in [0.5, 0.6) is 0 Å². The number of hydrogen-bond donors (Lipinski definition) is 1. The van der Waals surface area contributed by atoms with E-state index < -0.39 is 0 Å². The molecule has 1 N–H and O–H groups in total. The summed E-state index contributed by atoms with van der Waals surface area (Å²) in [4.78, 5) is 16.4. The number of hydrogen-bond acceptors (Lipinski definition) is 2. The highest BCUT2D eigenvalue weighted by molar-refractivity contribution is 6.17. The van der Waals surface area contributed by atoms with Gasteiger partial charge in [-0.3, -0.25) is 9.78 Å². The number of rotatable bonds is 5. The molecule has 1 aliphatic rings. The number of halogens is 1. The highest BCUT2D eigenvalue weighted by Gasteiger charge is 2.41. The van der Waals surface area contributed by atoms with E-state index in [0.717, 1.165) is 24.4 Å². The zero-order valence-corrected chi connectivity index (χ0v) is 11.7. The Morgan fingerprint density at radius 2 is 2.17 bits per heavy atom. The molecular weight excluding hydrogens is 248 g/mol. The van der Waals surface area contributed by atoms with Crippen LogP contribution in [0.4, 0.5) is 0 Å². The molecule has 98 valence electrons. The summed E-state index contributed by atoms with van der Waals surface area (Å²) in [6.07, 6.45) is 3.33. The van der Waals surface area contributed by atoms with Crippen LogP contribution in [0, 0.1) is 19.3 Å². The van der Waals surface area contributed by atoms with Gasteiger partial charge in [-0.1, -0.05) is 0 Å². The van der Waals surface area contributed by atoms with Gasteiger partial charge in [0, 0.05) is 18.1 Å². The molecule has 1 aromatic rings. The molecule has 18 heavy (non-hydrogen) atoms. The van der Waals surface area contributed by atoms with Crippen molar-refractivity contribution in [3.63, 3.8) is 0 Å². The molecule has 0 unspecified atom stereocenters. The normalized spacial score (nSPS) is 16.4. The van der Waals surface area contributed by atoms with E-state index in [-0.39, 0.29) is 11.3 Å². The summed E-state index contributed by atoms with van der Waals surface area (Å²) >= 11 is 5.78. The van der Waals surface area contributed by atoms with E-state index in [1.807, 2.05) is 26.0 Å². The molecule has 1 saturated carbocycles. The summed E-state index contributed by atoms with van der Waals surface area (Å²) in [5.41, 5.74) is 2.66. The van der Waals surface area contributed by atoms with Crippen molar-refractivity contribution in [2.75, 3.05) is 12.4 Å². The van der Waals surface area contributed by atoms with Crippen LogP contribution in [0.2, 0.25) is 0 Å². The lowest BCUT2D eigenvalue weighted by atomic mass is 10.0. The lowest BCUT2D eigenvalue weighted by Crippen LogP contribution is -2.31. The van der Waals surface area contributed by atoms with Gasteiger partial charge in [0.25, 0.3) is 5.91 Å². The number of alkyl halides is 1. The van der Waals surface area contributed by atoms with Crippen LogP contribution in [0.15, 0.2) is 12.1 Å². The van der Waals surface area contributed by atoms with Gasteiger partial charge >= 0.3 is 0 Å². The quantitative estimate of drug-likeness (QED) is 0.833. The van der Waals surface area contributed by atoms with Crippen LogP contribution in [0.1, 0.15) is 41.0 Å². The first-order chi connectivity index (χ1) is 8.56. The number of nitrogens with one attached hydrogen (secondary N) is 1. The van der Waals surface area contributed by atoms with Gasteiger partial charge in [0.1, 0.15) is 0 Å². The van der Waals surface area contributed by atoms with Crippen molar-refractivity contribution in [2.45, 2.75) is 33.1 Å². The fourth-order valence-corrected chi connectivity index (χ4v) is 2.58. The summed E-state index contributed by atoms with van der Waals surface area (Å²) in [7, 11) is 0. The van der Waals surface area contributed by atoms with Gasteiger partial charge in [-0.2, -0.15) is 0 Å². The van der Waals surface area contributed by atoms with Crippen LogP contribution in [0.25, 0.3) is 0 Å². The number of aromatic nitrogens is 1. The minimum Gasteiger partial charge on any atom is -0.351 e. The largest absolute Gasteiger partial charge is 0.351 e. The molecular formula is C14H19ClN2O. The molecule has 1 aliphatic carbocycles. The van der Waals surface area contributed by atoms with Crippen LogP contribution < -0.4 is 5.32 Å². The van der Waals surface area contributed by atoms with E-state index in [9.17, 15) is 4.79 Å². The lowest BCUT2D eigenvalue weighted by molar-refractivity contribution is 0.0943. The average Bonchev–Trinajstić information content (AvgIpc) is 3.07. The molecule has 0 radical (unpaired) electrons. The molecule has 4 heteroatoms. The maximum atomic E-state index is 12.1. The predicted molar refractivity (Wildman–Crippen MR) is 73.0 cm³/mol. The second-order valence-electron chi connectivity index (χ2n) is 5.21. The molecule has 0 atom stereocenters. The summed E-state index contributed by atoms with van der Waals surface area (Å²) in [5.74, 6) is 0.641. The van der Waals surface area contributed by atoms with Gasteiger partial charge in [0.15, 0.2) is 0 Å². The third kappa shape index (κ3) is 3.02. The van der Waals surface area contributed by atoms with E-state index >= 15 is 0 Å². The second-order valence-corrected chi connectivity index (χ2v) is 5.59. The molecule has 1 aromatic heterocycles. The van der Waals surface area contributed by atoms with Gasteiger partial charge < -0.3 is 5.32 Å². The van der Waals surface area contributed by atoms with Crippen LogP contribution in [-0.2, 0) is 0 Å². The first kappa shape index (κ1) is 13.3. The number of amides is 1. The fourth-order valence-electron chi connectivity index (χ4n) is 2.18. The summed E-state index contributed by atoms with van der Waals surface area (Å²) in [6.45, 7) is 4.52. The summed E-state index contributed by atoms with van der Waals surface area (Å²) < 4.78 is 0. The zero-order chi connectivity index (χ0) is 13.2. The van der Waals surface area contributed by atoms with Gasteiger partial charge in [0.2, 0.25) is 0 Å². The predicted octanol–water partition coefficient (Wildman–Crippen LogP) is 2.84. The van der Waals surface area contributed by atoms with Gasteiger partial charge in [-0.05, 0) is 50.7 Å². The topological polar surface area (TPSA) is 42.0 Å². The van der Waals surface area contributed by atoms with Crippen LogP contribution in [0.3, 0.4) is 0 Å². The van der Waals surface area contributed by atoms with E-state index in [4.69, 9.17) is 11.6 Å². The van der Waals surface area contributed by atoms with Crippen molar-refractivity contribution >= 4 is 17.5 Å². The van der Waals surface area contributed by atoms with E-state index in [2.05, 4.69) is 10.3 Å². The van der Waals surface area contributed by atoms with Crippen LogP contribution in [-0.4, -0.2) is 23.3 Å². The highest BCUT2D eigenvalue weighted by Crippen LogP contribution is 2.48. The van der Waals surface area contributed by atoms with Crippen molar-refractivity contribution in [1.29, 1.82) is 0 Å². The Bertz CT molecular complexity index is 455. The SMILES string of the molecule is Cc1ccc(C(=O)NCC2(CCCl)CC2)c(C)n1.